The molecule has 0 radical (unpaired) electrons. The van der Waals surface area contributed by atoms with Crippen LogP contribution >= 0.6 is 0 Å². The third-order valence-electron chi connectivity index (χ3n) is 3.04. The molecule has 82 valence electrons. The molecule has 1 aromatic carbocycles. The summed E-state index contributed by atoms with van der Waals surface area (Å²) < 4.78 is 0. The van der Waals surface area contributed by atoms with Crippen LogP contribution in [0.25, 0.3) is 0 Å². The zero-order chi connectivity index (χ0) is 10.7. The van der Waals surface area contributed by atoms with E-state index in [2.05, 4.69) is 37.4 Å². The summed E-state index contributed by atoms with van der Waals surface area (Å²) >= 11 is 0. The minimum atomic E-state index is 1.02. The zero-order valence-corrected chi connectivity index (χ0v) is 9.84. The Kier molecular flexibility index (Phi) is 3.42. The second-order valence-electron chi connectivity index (χ2n) is 4.90. The largest absolute Gasteiger partial charge is 0.313 e. The first-order valence-electron chi connectivity index (χ1n) is 6.02. The van der Waals surface area contributed by atoms with Crippen LogP contribution in [0.2, 0.25) is 0 Å². The molecule has 0 spiro atoms. The van der Waals surface area contributed by atoms with E-state index >= 15 is 0 Å². The summed E-state index contributed by atoms with van der Waals surface area (Å²) in [6, 6.07) is 6.78. The Hall–Kier alpha value is -0.820. The van der Waals surface area contributed by atoms with Crippen LogP contribution in [0.3, 0.4) is 0 Å². The maximum Gasteiger partial charge on any atom is 0.0205 e. The second-order valence-corrected chi connectivity index (χ2v) is 4.90. The summed E-state index contributed by atoms with van der Waals surface area (Å²) in [5.41, 5.74) is 4.16. The Morgan fingerprint density at radius 3 is 2.40 bits per heavy atom. The van der Waals surface area contributed by atoms with E-state index in [0.717, 1.165) is 12.5 Å². The summed E-state index contributed by atoms with van der Waals surface area (Å²) in [7, 11) is 0. The van der Waals surface area contributed by atoms with Crippen molar-refractivity contribution in [3.63, 3.8) is 0 Å². The predicted molar refractivity (Wildman–Crippen MR) is 65.0 cm³/mol. The monoisotopic (exact) mass is 203 g/mol. The van der Waals surface area contributed by atoms with E-state index in [9.17, 15) is 0 Å². The van der Waals surface area contributed by atoms with Gasteiger partial charge in [-0.05, 0) is 38.3 Å². The molecule has 1 heteroatoms. The van der Waals surface area contributed by atoms with Crippen molar-refractivity contribution in [3.05, 3.63) is 34.9 Å². The fourth-order valence-corrected chi connectivity index (χ4v) is 2.12. The molecule has 1 aromatic rings. The summed E-state index contributed by atoms with van der Waals surface area (Å²) in [6.07, 6.45) is 4.29. The molecule has 0 unspecified atom stereocenters. The molecule has 1 N–H and O–H groups in total. The van der Waals surface area contributed by atoms with Gasteiger partial charge in [-0.2, -0.15) is 0 Å². The highest BCUT2D eigenvalue weighted by molar-refractivity contribution is 5.28. The Bertz CT molecular complexity index is 306. The summed E-state index contributed by atoms with van der Waals surface area (Å²) in [4.78, 5) is 0. The number of hydrogen-bond donors (Lipinski definition) is 1. The fourth-order valence-electron chi connectivity index (χ4n) is 2.12. The molecule has 2 rings (SSSR count). The van der Waals surface area contributed by atoms with Crippen molar-refractivity contribution in [3.8, 4) is 0 Å². The highest BCUT2D eigenvalue weighted by Gasteiger charge is 2.19. The van der Waals surface area contributed by atoms with Crippen molar-refractivity contribution < 1.29 is 0 Å². The number of aryl methyl sites for hydroxylation is 2. The van der Waals surface area contributed by atoms with E-state index in [1.807, 2.05) is 0 Å². The molecule has 0 atom stereocenters. The lowest BCUT2D eigenvalue weighted by Gasteiger charge is -2.06. The van der Waals surface area contributed by atoms with Crippen molar-refractivity contribution in [2.75, 3.05) is 6.54 Å². The first-order chi connectivity index (χ1) is 7.24. The van der Waals surface area contributed by atoms with Crippen molar-refractivity contribution in [1.29, 1.82) is 0 Å². The molecule has 15 heavy (non-hydrogen) atoms. The average Bonchev–Trinajstić information content (AvgIpc) is 2.94. The van der Waals surface area contributed by atoms with E-state index < -0.39 is 0 Å². The number of benzene rings is 1. The molecule has 1 aliphatic rings. The lowest BCUT2D eigenvalue weighted by Crippen LogP contribution is -2.15. The Morgan fingerprint density at radius 2 is 1.80 bits per heavy atom. The molecule has 1 nitrogen and oxygen atoms in total. The van der Waals surface area contributed by atoms with Gasteiger partial charge in [0.05, 0.1) is 0 Å². The highest BCUT2D eigenvalue weighted by atomic mass is 14.8. The predicted octanol–water partition coefficient (Wildman–Crippen LogP) is 3.19. The molecular formula is C14H21N. The molecular weight excluding hydrogens is 182 g/mol. The van der Waals surface area contributed by atoms with Crippen LogP contribution in [0.1, 0.15) is 36.0 Å². The van der Waals surface area contributed by atoms with Crippen LogP contribution in [-0.4, -0.2) is 6.54 Å². The van der Waals surface area contributed by atoms with Crippen molar-refractivity contribution in [2.24, 2.45) is 5.92 Å². The van der Waals surface area contributed by atoms with Crippen LogP contribution in [-0.2, 0) is 6.54 Å². The van der Waals surface area contributed by atoms with Gasteiger partial charge in [0, 0.05) is 6.54 Å². The highest BCUT2D eigenvalue weighted by Crippen LogP contribution is 2.31. The van der Waals surface area contributed by atoms with Gasteiger partial charge in [0.1, 0.15) is 0 Å². The lowest BCUT2D eigenvalue weighted by atomic mass is 10.1. The summed E-state index contributed by atoms with van der Waals surface area (Å²) in [5.74, 6) is 1.04. The van der Waals surface area contributed by atoms with Crippen molar-refractivity contribution in [1.82, 2.24) is 5.32 Å². The molecule has 1 fully saturated rings. The third-order valence-corrected chi connectivity index (χ3v) is 3.04. The summed E-state index contributed by atoms with van der Waals surface area (Å²) in [6.45, 7) is 6.54. The number of nitrogens with one attached hydrogen (secondary N) is 1. The van der Waals surface area contributed by atoms with Gasteiger partial charge in [-0.3, -0.25) is 0 Å². The van der Waals surface area contributed by atoms with Gasteiger partial charge < -0.3 is 5.32 Å². The third kappa shape index (κ3) is 3.67. The van der Waals surface area contributed by atoms with E-state index in [4.69, 9.17) is 0 Å². The maximum absolute atomic E-state index is 3.53. The molecule has 1 saturated carbocycles. The molecule has 0 heterocycles. The minimum Gasteiger partial charge on any atom is -0.313 e. The smallest absolute Gasteiger partial charge is 0.0205 e. The van der Waals surface area contributed by atoms with Crippen LogP contribution in [0.15, 0.2) is 18.2 Å². The van der Waals surface area contributed by atoms with Gasteiger partial charge in [-0.1, -0.05) is 42.2 Å². The maximum atomic E-state index is 3.53. The van der Waals surface area contributed by atoms with Crippen molar-refractivity contribution >= 4 is 0 Å². The van der Waals surface area contributed by atoms with Crippen LogP contribution in [0, 0.1) is 19.8 Å². The van der Waals surface area contributed by atoms with E-state index in [1.54, 1.807) is 0 Å². The molecule has 0 aromatic heterocycles. The zero-order valence-electron chi connectivity index (χ0n) is 9.84. The van der Waals surface area contributed by atoms with Gasteiger partial charge in [0.25, 0.3) is 0 Å². The van der Waals surface area contributed by atoms with E-state index in [-0.39, 0.29) is 0 Å². The van der Waals surface area contributed by atoms with Gasteiger partial charge in [-0.25, -0.2) is 0 Å². The van der Waals surface area contributed by atoms with Gasteiger partial charge >= 0.3 is 0 Å². The lowest BCUT2D eigenvalue weighted by molar-refractivity contribution is 0.612. The first kappa shape index (κ1) is 10.7. The normalized spacial score (nSPS) is 15.6. The van der Waals surface area contributed by atoms with Crippen LogP contribution in [0.4, 0.5) is 0 Å². The number of rotatable bonds is 5. The average molecular weight is 203 g/mol. The first-order valence-corrected chi connectivity index (χ1v) is 6.02. The Labute approximate surface area is 92.9 Å². The van der Waals surface area contributed by atoms with E-state index in [0.29, 0.717) is 0 Å². The summed E-state index contributed by atoms with van der Waals surface area (Å²) in [5, 5.41) is 3.53. The molecule has 0 amide bonds. The second kappa shape index (κ2) is 4.80. The molecule has 0 aliphatic heterocycles. The quantitative estimate of drug-likeness (QED) is 0.725. The topological polar surface area (TPSA) is 12.0 Å². The molecule has 0 bridgehead atoms. The Morgan fingerprint density at radius 1 is 1.13 bits per heavy atom. The van der Waals surface area contributed by atoms with E-state index in [1.165, 1.54) is 42.5 Å². The van der Waals surface area contributed by atoms with Crippen LogP contribution in [0.5, 0.6) is 0 Å². The molecule has 0 saturated heterocycles. The Balaban J connectivity index is 1.76. The minimum absolute atomic E-state index is 1.02. The van der Waals surface area contributed by atoms with Crippen molar-refractivity contribution in [2.45, 2.75) is 39.7 Å². The van der Waals surface area contributed by atoms with Gasteiger partial charge in [0.2, 0.25) is 0 Å². The SMILES string of the molecule is Cc1cc(C)cc(CNCCC2CC2)c1. The molecule has 1 aliphatic carbocycles. The van der Waals surface area contributed by atoms with Gasteiger partial charge in [-0.15, -0.1) is 0 Å². The standard InChI is InChI=1S/C14H21N/c1-11-7-12(2)9-14(8-11)10-15-6-5-13-3-4-13/h7-9,13,15H,3-6,10H2,1-2H3. The fraction of sp³-hybridized carbons (Fsp3) is 0.571. The van der Waals surface area contributed by atoms with Gasteiger partial charge in [0.15, 0.2) is 0 Å². The number of hydrogen-bond acceptors (Lipinski definition) is 1. The van der Waals surface area contributed by atoms with Crippen LogP contribution < -0.4 is 5.32 Å².